The van der Waals surface area contributed by atoms with Gasteiger partial charge in [-0.05, 0) is 38.3 Å². The molecule has 18 heavy (non-hydrogen) atoms. The monoisotopic (exact) mass is 248 g/mol. The first-order valence-corrected chi connectivity index (χ1v) is 7.10. The van der Waals surface area contributed by atoms with Gasteiger partial charge in [0.25, 0.3) is 0 Å². The van der Waals surface area contributed by atoms with Gasteiger partial charge in [0.2, 0.25) is 0 Å². The maximum Gasteiger partial charge on any atom is 0.0226 e. The molecular formula is C16H28N2. The molecule has 1 aromatic carbocycles. The number of benzene rings is 1. The Morgan fingerprint density at radius 1 is 1.11 bits per heavy atom. The van der Waals surface area contributed by atoms with E-state index in [1.807, 2.05) is 0 Å². The van der Waals surface area contributed by atoms with Crippen molar-refractivity contribution in [1.29, 1.82) is 0 Å². The molecule has 0 bridgehead atoms. The summed E-state index contributed by atoms with van der Waals surface area (Å²) in [7, 11) is 0. The fraction of sp³-hybridized carbons (Fsp3) is 0.625. The van der Waals surface area contributed by atoms with Gasteiger partial charge in [-0.3, -0.25) is 4.90 Å². The molecule has 0 heterocycles. The van der Waals surface area contributed by atoms with E-state index in [1.54, 1.807) is 0 Å². The molecule has 2 atom stereocenters. The number of nitrogens with zero attached hydrogens (tertiary/aromatic N) is 1. The average Bonchev–Trinajstić information content (AvgIpc) is 2.38. The van der Waals surface area contributed by atoms with Gasteiger partial charge in [0, 0.05) is 18.6 Å². The highest BCUT2D eigenvalue weighted by molar-refractivity contribution is 5.18. The van der Waals surface area contributed by atoms with Crippen molar-refractivity contribution in [3.63, 3.8) is 0 Å². The molecule has 1 aromatic rings. The third-order valence-corrected chi connectivity index (χ3v) is 3.76. The zero-order valence-electron chi connectivity index (χ0n) is 12.3. The van der Waals surface area contributed by atoms with Gasteiger partial charge < -0.3 is 5.73 Å². The van der Waals surface area contributed by atoms with E-state index in [-0.39, 0.29) is 0 Å². The number of likely N-dealkylation sites (N-methyl/N-ethyl adjacent to an activating group) is 1. The van der Waals surface area contributed by atoms with E-state index in [9.17, 15) is 0 Å². The number of hydrogen-bond acceptors (Lipinski definition) is 2. The van der Waals surface area contributed by atoms with Crippen LogP contribution in [0.5, 0.6) is 0 Å². The Kier molecular flexibility index (Phi) is 6.37. The van der Waals surface area contributed by atoms with Crippen LogP contribution in [0.2, 0.25) is 0 Å². The summed E-state index contributed by atoms with van der Waals surface area (Å²) in [6.07, 6.45) is 1.13. The van der Waals surface area contributed by atoms with E-state index < -0.39 is 0 Å². The molecule has 0 fully saturated rings. The Bertz CT molecular complexity index is 321. The fourth-order valence-corrected chi connectivity index (χ4v) is 2.74. The first-order chi connectivity index (χ1) is 8.60. The number of rotatable bonds is 7. The van der Waals surface area contributed by atoms with E-state index in [4.69, 9.17) is 5.73 Å². The molecule has 0 aliphatic rings. The van der Waals surface area contributed by atoms with Gasteiger partial charge in [-0.25, -0.2) is 0 Å². The zero-order valence-corrected chi connectivity index (χ0v) is 12.3. The molecule has 0 aromatic heterocycles. The summed E-state index contributed by atoms with van der Waals surface area (Å²) >= 11 is 0. The van der Waals surface area contributed by atoms with Crippen LogP contribution in [0.1, 0.15) is 45.6 Å². The second-order valence-electron chi connectivity index (χ2n) is 5.36. The summed E-state index contributed by atoms with van der Waals surface area (Å²) < 4.78 is 0. The smallest absolute Gasteiger partial charge is 0.0226 e. The van der Waals surface area contributed by atoms with Gasteiger partial charge >= 0.3 is 0 Å². The summed E-state index contributed by atoms with van der Waals surface area (Å²) in [6, 6.07) is 11.8. The summed E-state index contributed by atoms with van der Waals surface area (Å²) in [6.45, 7) is 10.8. The van der Waals surface area contributed by atoms with Crippen molar-refractivity contribution in [3.8, 4) is 0 Å². The Morgan fingerprint density at radius 3 is 2.17 bits per heavy atom. The second kappa shape index (κ2) is 7.55. The van der Waals surface area contributed by atoms with Crippen LogP contribution < -0.4 is 5.73 Å². The zero-order chi connectivity index (χ0) is 13.5. The predicted octanol–water partition coefficient (Wildman–Crippen LogP) is 3.24. The fourth-order valence-electron chi connectivity index (χ4n) is 2.74. The number of hydrogen-bond donors (Lipinski definition) is 1. The third kappa shape index (κ3) is 4.11. The van der Waals surface area contributed by atoms with Crippen LogP contribution in [-0.4, -0.2) is 30.1 Å². The molecule has 0 aliphatic carbocycles. The third-order valence-electron chi connectivity index (χ3n) is 3.76. The molecule has 0 saturated carbocycles. The van der Waals surface area contributed by atoms with Crippen molar-refractivity contribution in [2.75, 3.05) is 13.1 Å². The second-order valence-corrected chi connectivity index (χ2v) is 5.36. The van der Waals surface area contributed by atoms with Crippen LogP contribution in [0.3, 0.4) is 0 Å². The van der Waals surface area contributed by atoms with Crippen LogP contribution in [0.25, 0.3) is 0 Å². The molecule has 0 spiro atoms. The van der Waals surface area contributed by atoms with Crippen molar-refractivity contribution in [1.82, 2.24) is 4.90 Å². The standard InChI is InChI=1S/C16H28N2/c1-5-18(13(2)3)16(12-17)11-14(4)15-9-7-6-8-10-15/h6-10,13-14,16H,5,11-12,17H2,1-4H3. The first-order valence-electron chi connectivity index (χ1n) is 7.10. The summed E-state index contributed by atoms with van der Waals surface area (Å²) in [4.78, 5) is 2.50. The Labute approximate surface area is 112 Å². The van der Waals surface area contributed by atoms with Gasteiger partial charge in [-0.2, -0.15) is 0 Å². The van der Waals surface area contributed by atoms with E-state index in [1.165, 1.54) is 5.56 Å². The summed E-state index contributed by atoms with van der Waals surface area (Å²) in [5.74, 6) is 0.563. The average molecular weight is 248 g/mol. The van der Waals surface area contributed by atoms with Crippen LogP contribution in [0, 0.1) is 0 Å². The Hall–Kier alpha value is -0.860. The SMILES string of the molecule is CCN(C(C)C)C(CN)CC(C)c1ccccc1. The molecule has 2 unspecified atom stereocenters. The summed E-state index contributed by atoms with van der Waals surface area (Å²) in [5.41, 5.74) is 7.38. The molecule has 0 saturated heterocycles. The van der Waals surface area contributed by atoms with Crippen molar-refractivity contribution < 1.29 is 0 Å². The van der Waals surface area contributed by atoms with Crippen molar-refractivity contribution >= 4 is 0 Å². The Balaban J connectivity index is 2.68. The molecule has 2 nitrogen and oxygen atoms in total. The van der Waals surface area contributed by atoms with Crippen molar-refractivity contribution in [2.24, 2.45) is 5.73 Å². The molecule has 0 radical (unpaired) electrons. The highest BCUT2D eigenvalue weighted by Crippen LogP contribution is 2.23. The maximum absolute atomic E-state index is 5.97. The lowest BCUT2D eigenvalue weighted by Crippen LogP contribution is -2.45. The maximum atomic E-state index is 5.97. The minimum absolute atomic E-state index is 0.477. The molecule has 0 aliphatic heterocycles. The lowest BCUT2D eigenvalue weighted by Gasteiger charge is -2.35. The molecule has 102 valence electrons. The van der Waals surface area contributed by atoms with Gasteiger partial charge in [0.05, 0.1) is 0 Å². The Morgan fingerprint density at radius 2 is 1.72 bits per heavy atom. The molecule has 2 heteroatoms. The highest BCUT2D eigenvalue weighted by Gasteiger charge is 2.21. The minimum Gasteiger partial charge on any atom is -0.329 e. The minimum atomic E-state index is 0.477. The largest absolute Gasteiger partial charge is 0.329 e. The lowest BCUT2D eigenvalue weighted by molar-refractivity contribution is 0.153. The van der Waals surface area contributed by atoms with Crippen molar-refractivity contribution in [2.45, 2.75) is 52.1 Å². The van der Waals surface area contributed by atoms with Crippen LogP contribution in [-0.2, 0) is 0 Å². The van der Waals surface area contributed by atoms with Gasteiger partial charge in [-0.1, -0.05) is 44.2 Å². The number of nitrogens with two attached hydrogens (primary N) is 1. The molecular weight excluding hydrogens is 220 g/mol. The predicted molar refractivity (Wildman–Crippen MR) is 79.8 cm³/mol. The quantitative estimate of drug-likeness (QED) is 0.802. The molecule has 2 N–H and O–H groups in total. The van der Waals surface area contributed by atoms with Crippen LogP contribution >= 0.6 is 0 Å². The lowest BCUT2D eigenvalue weighted by atomic mass is 9.93. The normalized spacial score (nSPS) is 15.1. The van der Waals surface area contributed by atoms with Gasteiger partial charge in [0.15, 0.2) is 0 Å². The topological polar surface area (TPSA) is 29.3 Å². The molecule has 0 amide bonds. The van der Waals surface area contributed by atoms with E-state index in [2.05, 4.69) is 62.9 Å². The highest BCUT2D eigenvalue weighted by atomic mass is 15.2. The van der Waals surface area contributed by atoms with E-state index in [0.29, 0.717) is 18.0 Å². The van der Waals surface area contributed by atoms with Crippen molar-refractivity contribution in [3.05, 3.63) is 35.9 Å². The molecule has 1 rings (SSSR count). The first kappa shape index (κ1) is 15.2. The van der Waals surface area contributed by atoms with Crippen LogP contribution in [0.15, 0.2) is 30.3 Å². The van der Waals surface area contributed by atoms with E-state index >= 15 is 0 Å². The van der Waals surface area contributed by atoms with E-state index in [0.717, 1.165) is 19.5 Å². The van der Waals surface area contributed by atoms with Gasteiger partial charge in [-0.15, -0.1) is 0 Å². The van der Waals surface area contributed by atoms with Crippen LogP contribution in [0.4, 0.5) is 0 Å². The summed E-state index contributed by atoms with van der Waals surface area (Å²) in [5, 5.41) is 0. The van der Waals surface area contributed by atoms with Gasteiger partial charge in [0.1, 0.15) is 0 Å².